The Morgan fingerprint density at radius 1 is 1.45 bits per heavy atom. The summed E-state index contributed by atoms with van der Waals surface area (Å²) in [5.41, 5.74) is 3.09. The van der Waals surface area contributed by atoms with Crippen LogP contribution < -0.4 is 10.6 Å². The number of aryl methyl sites for hydroxylation is 1. The predicted molar refractivity (Wildman–Crippen MR) is 81.2 cm³/mol. The number of hydrogen-bond acceptors (Lipinski definition) is 3. The number of nitrogens with zero attached hydrogens (tertiary/aromatic N) is 1. The molecule has 3 rings (SSSR count). The average molecular weight is 273 g/mol. The summed E-state index contributed by atoms with van der Waals surface area (Å²) in [6.07, 6.45) is 4.82. The summed E-state index contributed by atoms with van der Waals surface area (Å²) in [5, 5.41) is 6.41. The minimum Gasteiger partial charge on any atom is -0.384 e. The quantitative estimate of drug-likeness (QED) is 0.861. The van der Waals surface area contributed by atoms with Crippen molar-refractivity contribution in [1.82, 2.24) is 10.2 Å². The molecule has 0 radical (unpaired) electrons. The van der Waals surface area contributed by atoms with Crippen molar-refractivity contribution in [2.45, 2.75) is 31.7 Å². The van der Waals surface area contributed by atoms with E-state index in [-0.39, 0.29) is 5.91 Å². The SMILES string of the molecule is CN(CCNC(=O)c1cccc2c1NCCC2)C1CC1. The average Bonchev–Trinajstić information content (AvgIpc) is 3.31. The standard InChI is InChI=1S/C16H23N3O/c1-19(13-7-8-13)11-10-18-16(20)14-6-2-4-12-5-3-9-17-15(12)14/h2,4,6,13,17H,3,5,7-11H2,1H3,(H,18,20). The van der Waals surface area contributed by atoms with Gasteiger partial charge in [-0.25, -0.2) is 0 Å². The summed E-state index contributed by atoms with van der Waals surface area (Å²) in [4.78, 5) is 14.6. The Morgan fingerprint density at radius 2 is 2.30 bits per heavy atom. The van der Waals surface area contributed by atoms with E-state index in [0.717, 1.165) is 49.8 Å². The fourth-order valence-corrected chi connectivity index (χ4v) is 2.84. The van der Waals surface area contributed by atoms with Crippen LogP contribution in [0.1, 0.15) is 35.2 Å². The van der Waals surface area contributed by atoms with Gasteiger partial charge in [-0.3, -0.25) is 4.79 Å². The molecule has 1 amide bonds. The van der Waals surface area contributed by atoms with Gasteiger partial charge >= 0.3 is 0 Å². The maximum absolute atomic E-state index is 12.3. The number of hydrogen-bond donors (Lipinski definition) is 2. The zero-order chi connectivity index (χ0) is 13.9. The second-order valence-electron chi connectivity index (χ2n) is 5.84. The van der Waals surface area contributed by atoms with Gasteiger partial charge in [0.25, 0.3) is 5.91 Å². The molecule has 4 heteroatoms. The molecular formula is C16H23N3O. The van der Waals surface area contributed by atoms with Crippen LogP contribution >= 0.6 is 0 Å². The molecule has 1 heterocycles. The van der Waals surface area contributed by atoms with Crippen molar-refractivity contribution < 1.29 is 4.79 Å². The van der Waals surface area contributed by atoms with Crippen LogP contribution in [0.25, 0.3) is 0 Å². The number of carbonyl (C=O) groups excluding carboxylic acids is 1. The number of fused-ring (bicyclic) bond motifs is 1. The smallest absolute Gasteiger partial charge is 0.253 e. The lowest BCUT2D eigenvalue weighted by molar-refractivity contribution is 0.0950. The monoisotopic (exact) mass is 273 g/mol. The summed E-state index contributed by atoms with van der Waals surface area (Å²) >= 11 is 0. The van der Waals surface area contributed by atoms with Crippen LogP contribution in [-0.4, -0.2) is 43.5 Å². The fourth-order valence-electron chi connectivity index (χ4n) is 2.84. The van der Waals surface area contributed by atoms with E-state index in [4.69, 9.17) is 0 Å². The zero-order valence-corrected chi connectivity index (χ0v) is 12.1. The van der Waals surface area contributed by atoms with E-state index in [9.17, 15) is 4.79 Å². The Balaban J connectivity index is 1.59. The number of para-hydroxylation sites is 1. The highest BCUT2D eigenvalue weighted by molar-refractivity contribution is 6.00. The molecule has 1 aromatic rings. The molecule has 2 aliphatic rings. The van der Waals surface area contributed by atoms with Crippen molar-refractivity contribution in [3.63, 3.8) is 0 Å². The van der Waals surface area contributed by atoms with Gasteiger partial charge < -0.3 is 15.5 Å². The van der Waals surface area contributed by atoms with Crippen molar-refractivity contribution in [2.24, 2.45) is 0 Å². The van der Waals surface area contributed by atoms with Gasteiger partial charge in [-0.15, -0.1) is 0 Å². The third-order valence-corrected chi connectivity index (χ3v) is 4.24. The van der Waals surface area contributed by atoms with Gasteiger partial charge in [-0.05, 0) is 44.4 Å². The lowest BCUT2D eigenvalue weighted by Gasteiger charge is -2.21. The molecule has 4 nitrogen and oxygen atoms in total. The van der Waals surface area contributed by atoms with E-state index in [2.05, 4.69) is 28.6 Å². The molecule has 1 aromatic carbocycles. The number of amides is 1. The molecule has 1 aliphatic heterocycles. The first-order valence-electron chi connectivity index (χ1n) is 7.60. The Kier molecular flexibility index (Phi) is 3.92. The van der Waals surface area contributed by atoms with Crippen molar-refractivity contribution in [1.29, 1.82) is 0 Å². The molecule has 2 N–H and O–H groups in total. The molecule has 0 bridgehead atoms. The van der Waals surface area contributed by atoms with E-state index in [1.807, 2.05) is 12.1 Å². The number of benzene rings is 1. The highest BCUT2D eigenvalue weighted by Crippen LogP contribution is 2.26. The third kappa shape index (κ3) is 2.96. The minimum atomic E-state index is 0.0421. The Hall–Kier alpha value is -1.55. The summed E-state index contributed by atoms with van der Waals surface area (Å²) < 4.78 is 0. The van der Waals surface area contributed by atoms with E-state index in [1.165, 1.54) is 18.4 Å². The van der Waals surface area contributed by atoms with Gasteiger partial charge in [-0.2, -0.15) is 0 Å². The van der Waals surface area contributed by atoms with E-state index in [1.54, 1.807) is 0 Å². The molecule has 0 unspecified atom stereocenters. The molecule has 0 spiro atoms. The van der Waals surface area contributed by atoms with E-state index >= 15 is 0 Å². The second-order valence-corrected chi connectivity index (χ2v) is 5.84. The molecule has 0 saturated heterocycles. The Labute approximate surface area is 120 Å². The van der Waals surface area contributed by atoms with Gasteiger partial charge in [0.2, 0.25) is 0 Å². The molecule has 20 heavy (non-hydrogen) atoms. The largest absolute Gasteiger partial charge is 0.384 e. The highest BCUT2D eigenvalue weighted by atomic mass is 16.1. The normalized spacial score (nSPS) is 17.5. The van der Waals surface area contributed by atoms with E-state index in [0.29, 0.717) is 0 Å². The Bertz CT molecular complexity index is 496. The minimum absolute atomic E-state index is 0.0421. The molecule has 108 valence electrons. The van der Waals surface area contributed by atoms with Crippen LogP contribution in [0.5, 0.6) is 0 Å². The van der Waals surface area contributed by atoms with Crippen LogP contribution in [0.2, 0.25) is 0 Å². The maximum atomic E-state index is 12.3. The summed E-state index contributed by atoms with van der Waals surface area (Å²) in [6, 6.07) is 6.76. The van der Waals surface area contributed by atoms with Crippen molar-refractivity contribution in [2.75, 3.05) is 32.0 Å². The van der Waals surface area contributed by atoms with Crippen LogP contribution in [0.15, 0.2) is 18.2 Å². The van der Waals surface area contributed by atoms with Crippen molar-refractivity contribution in [3.05, 3.63) is 29.3 Å². The van der Waals surface area contributed by atoms with Gasteiger partial charge in [-0.1, -0.05) is 12.1 Å². The summed E-state index contributed by atoms with van der Waals surface area (Å²) in [5.74, 6) is 0.0421. The molecule has 1 fully saturated rings. The maximum Gasteiger partial charge on any atom is 0.253 e. The lowest BCUT2D eigenvalue weighted by atomic mass is 9.99. The summed E-state index contributed by atoms with van der Waals surface area (Å²) in [7, 11) is 2.13. The van der Waals surface area contributed by atoms with Gasteiger partial charge in [0.15, 0.2) is 0 Å². The van der Waals surface area contributed by atoms with Gasteiger partial charge in [0.1, 0.15) is 0 Å². The van der Waals surface area contributed by atoms with Crippen LogP contribution in [-0.2, 0) is 6.42 Å². The first kappa shape index (κ1) is 13.4. The molecule has 0 atom stereocenters. The third-order valence-electron chi connectivity index (χ3n) is 4.24. The summed E-state index contributed by atoms with van der Waals surface area (Å²) in [6.45, 7) is 2.61. The van der Waals surface area contributed by atoms with Gasteiger partial charge in [0.05, 0.1) is 11.3 Å². The van der Waals surface area contributed by atoms with E-state index < -0.39 is 0 Å². The number of likely N-dealkylation sites (N-methyl/N-ethyl adjacent to an activating group) is 1. The number of nitrogens with one attached hydrogen (secondary N) is 2. The number of carbonyl (C=O) groups is 1. The first-order valence-corrected chi connectivity index (χ1v) is 7.60. The Morgan fingerprint density at radius 3 is 3.10 bits per heavy atom. The van der Waals surface area contributed by atoms with Crippen LogP contribution in [0, 0.1) is 0 Å². The second kappa shape index (κ2) is 5.83. The zero-order valence-electron chi connectivity index (χ0n) is 12.1. The molecular weight excluding hydrogens is 250 g/mol. The van der Waals surface area contributed by atoms with Crippen LogP contribution in [0.3, 0.4) is 0 Å². The topological polar surface area (TPSA) is 44.4 Å². The highest BCUT2D eigenvalue weighted by Gasteiger charge is 2.25. The molecule has 0 aromatic heterocycles. The number of anilines is 1. The lowest BCUT2D eigenvalue weighted by Crippen LogP contribution is -2.34. The molecule has 1 saturated carbocycles. The fraction of sp³-hybridized carbons (Fsp3) is 0.562. The molecule has 1 aliphatic carbocycles. The van der Waals surface area contributed by atoms with Crippen molar-refractivity contribution in [3.8, 4) is 0 Å². The van der Waals surface area contributed by atoms with Crippen molar-refractivity contribution >= 4 is 11.6 Å². The predicted octanol–water partition coefficient (Wildman–Crippen LogP) is 1.87. The van der Waals surface area contributed by atoms with Crippen LogP contribution in [0.4, 0.5) is 5.69 Å². The first-order chi connectivity index (χ1) is 9.75. The number of rotatable bonds is 5. The van der Waals surface area contributed by atoms with Gasteiger partial charge in [0, 0.05) is 25.7 Å².